The van der Waals surface area contributed by atoms with E-state index in [0.717, 1.165) is 18.6 Å². The topological polar surface area (TPSA) is 54.0 Å². The van der Waals surface area contributed by atoms with E-state index in [9.17, 15) is 4.79 Å². The molecule has 0 aliphatic heterocycles. The third-order valence-electron chi connectivity index (χ3n) is 0.901. The number of hydrogen-bond donors (Lipinski definition) is 0. The molecule has 0 rings (SSSR count). The van der Waals surface area contributed by atoms with Gasteiger partial charge in [0.25, 0.3) is 0 Å². The molecule has 0 heterocycles. The number of rotatable bonds is 7. The molecule has 5 heteroatoms. The summed E-state index contributed by atoms with van der Waals surface area (Å²) in [5.41, 5.74) is 0. The molecule has 74 valence electrons. The van der Waals surface area contributed by atoms with E-state index in [1.165, 1.54) is 0 Å². The van der Waals surface area contributed by atoms with E-state index < -0.39 is 5.97 Å². The van der Waals surface area contributed by atoms with E-state index in [0.29, 0.717) is 13.2 Å². The quantitative estimate of drug-likeness (QED) is 0.147. The third kappa shape index (κ3) is 8.58. The maximum atomic E-state index is 10.4. The smallest absolute Gasteiger partial charge is 0.335 e. The fourth-order valence-electron chi connectivity index (χ4n) is 0.370. The van der Waals surface area contributed by atoms with Gasteiger partial charge in [-0.05, 0) is 0 Å². The SMILES string of the molecule is C=CC(=O)O/C=C\OOCCOC. The summed E-state index contributed by atoms with van der Waals surface area (Å²) in [6.45, 7) is 3.94. The maximum absolute atomic E-state index is 10.4. The lowest BCUT2D eigenvalue weighted by molar-refractivity contribution is -0.255. The minimum Gasteiger partial charge on any atom is -0.428 e. The van der Waals surface area contributed by atoms with Gasteiger partial charge in [0.15, 0.2) is 6.26 Å². The van der Waals surface area contributed by atoms with Crippen molar-refractivity contribution < 1.29 is 24.0 Å². The highest BCUT2D eigenvalue weighted by atomic mass is 17.2. The van der Waals surface area contributed by atoms with Gasteiger partial charge in [0, 0.05) is 13.2 Å². The van der Waals surface area contributed by atoms with Crippen molar-refractivity contribution in [3.63, 3.8) is 0 Å². The molecule has 0 bridgehead atoms. The maximum Gasteiger partial charge on any atom is 0.335 e. The van der Waals surface area contributed by atoms with Gasteiger partial charge in [-0.2, -0.15) is 4.89 Å². The van der Waals surface area contributed by atoms with Gasteiger partial charge >= 0.3 is 5.97 Å². The fraction of sp³-hybridized carbons (Fsp3) is 0.375. The van der Waals surface area contributed by atoms with Crippen LogP contribution >= 0.6 is 0 Å². The van der Waals surface area contributed by atoms with Gasteiger partial charge in [-0.25, -0.2) is 4.79 Å². The average molecular weight is 188 g/mol. The van der Waals surface area contributed by atoms with Gasteiger partial charge in [0.05, 0.1) is 6.61 Å². The van der Waals surface area contributed by atoms with Crippen molar-refractivity contribution >= 4 is 5.97 Å². The van der Waals surface area contributed by atoms with Crippen LogP contribution in [-0.2, 0) is 24.0 Å². The standard InChI is InChI=1S/C8H12O5/c1-3-8(9)11-5-7-13-12-6-4-10-2/h3,5,7H,1,4,6H2,2H3/b7-5-. The Hall–Kier alpha value is -1.33. The number of carbonyl (C=O) groups excluding carboxylic acids is 1. The summed E-state index contributed by atoms with van der Waals surface area (Å²) in [5, 5.41) is 0. The van der Waals surface area contributed by atoms with Crippen molar-refractivity contribution in [1.29, 1.82) is 0 Å². The van der Waals surface area contributed by atoms with Gasteiger partial charge in [0.1, 0.15) is 12.9 Å². The van der Waals surface area contributed by atoms with Crippen LogP contribution in [0, 0.1) is 0 Å². The largest absolute Gasteiger partial charge is 0.428 e. The molecular weight excluding hydrogens is 176 g/mol. The number of ether oxygens (including phenoxy) is 2. The highest BCUT2D eigenvalue weighted by Gasteiger charge is 1.88. The number of methoxy groups -OCH3 is 1. The fourth-order valence-corrected chi connectivity index (χ4v) is 0.370. The van der Waals surface area contributed by atoms with E-state index in [-0.39, 0.29) is 0 Å². The predicted octanol–water partition coefficient (Wildman–Crippen LogP) is 0.781. The van der Waals surface area contributed by atoms with Crippen LogP contribution in [0.3, 0.4) is 0 Å². The molecule has 0 radical (unpaired) electrons. The Balaban J connectivity index is 3.21. The number of carbonyl (C=O) groups is 1. The first-order valence-corrected chi connectivity index (χ1v) is 3.56. The van der Waals surface area contributed by atoms with Crippen LogP contribution in [0.1, 0.15) is 0 Å². The van der Waals surface area contributed by atoms with Crippen molar-refractivity contribution in [3.8, 4) is 0 Å². The minimum atomic E-state index is -0.559. The second-order valence-corrected chi connectivity index (χ2v) is 1.82. The lowest BCUT2D eigenvalue weighted by Crippen LogP contribution is -2.00. The van der Waals surface area contributed by atoms with E-state index in [1.54, 1.807) is 7.11 Å². The van der Waals surface area contributed by atoms with Crippen molar-refractivity contribution in [1.82, 2.24) is 0 Å². The average Bonchev–Trinajstić information content (AvgIpc) is 2.16. The molecule has 0 amide bonds. The van der Waals surface area contributed by atoms with Gasteiger partial charge in [-0.15, -0.1) is 0 Å². The molecule has 0 fully saturated rings. The van der Waals surface area contributed by atoms with Crippen LogP contribution < -0.4 is 0 Å². The van der Waals surface area contributed by atoms with Gasteiger partial charge < -0.3 is 14.4 Å². The zero-order valence-corrected chi connectivity index (χ0v) is 7.39. The first-order chi connectivity index (χ1) is 6.31. The molecule has 0 aromatic rings. The Morgan fingerprint density at radius 2 is 2.15 bits per heavy atom. The third-order valence-corrected chi connectivity index (χ3v) is 0.901. The van der Waals surface area contributed by atoms with Crippen LogP contribution in [0.4, 0.5) is 0 Å². The number of esters is 1. The Labute approximate surface area is 76.5 Å². The van der Waals surface area contributed by atoms with Crippen molar-refractivity contribution in [2.24, 2.45) is 0 Å². The molecule has 0 spiro atoms. The van der Waals surface area contributed by atoms with Crippen molar-refractivity contribution in [3.05, 3.63) is 25.2 Å². The first-order valence-electron chi connectivity index (χ1n) is 3.56. The summed E-state index contributed by atoms with van der Waals surface area (Å²) in [4.78, 5) is 19.5. The zero-order valence-electron chi connectivity index (χ0n) is 7.39. The second kappa shape index (κ2) is 8.76. The van der Waals surface area contributed by atoms with Crippen molar-refractivity contribution in [2.45, 2.75) is 0 Å². The molecule has 0 atom stereocenters. The zero-order chi connectivity index (χ0) is 9.94. The summed E-state index contributed by atoms with van der Waals surface area (Å²) in [5.74, 6) is -0.559. The van der Waals surface area contributed by atoms with Gasteiger partial charge in [-0.3, -0.25) is 0 Å². The van der Waals surface area contributed by atoms with Crippen LogP contribution in [0.5, 0.6) is 0 Å². The molecule has 0 aromatic carbocycles. The molecule has 0 aliphatic rings. The van der Waals surface area contributed by atoms with E-state index in [4.69, 9.17) is 0 Å². The van der Waals surface area contributed by atoms with Gasteiger partial charge in [0.2, 0.25) is 0 Å². The summed E-state index contributed by atoms with van der Waals surface area (Å²) in [6.07, 6.45) is 3.18. The Kier molecular flexibility index (Phi) is 7.87. The van der Waals surface area contributed by atoms with Crippen LogP contribution in [0.15, 0.2) is 25.2 Å². The lowest BCUT2D eigenvalue weighted by atomic mass is 10.7. The molecule has 0 aliphatic carbocycles. The van der Waals surface area contributed by atoms with Crippen LogP contribution in [0.2, 0.25) is 0 Å². The van der Waals surface area contributed by atoms with Crippen LogP contribution in [0.25, 0.3) is 0 Å². The summed E-state index contributed by atoms with van der Waals surface area (Å²) >= 11 is 0. The first kappa shape index (κ1) is 11.7. The molecular formula is C8H12O5. The summed E-state index contributed by atoms with van der Waals surface area (Å²) in [7, 11) is 1.55. The van der Waals surface area contributed by atoms with Crippen LogP contribution in [-0.4, -0.2) is 26.3 Å². The van der Waals surface area contributed by atoms with E-state index >= 15 is 0 Å². The van der Waals surface area contributed by atoms with E-state index in [1.807, 2.05) is 0 Å². The highest BCUT2D eigenvalue weighted by Crippen LogP contribution is 1.85. The predicted molar refractivity (Wildman–Crippen MR) is 44.3 cm³/mol. The monoisotopic (exact) mass is 188 g/mol. The Bertz CT molecular complexity index is 175. The second-order valence-electron chi connectivity index (χ2n) is 1.82. The minimum absolute atomic E-state index is 0.302. The van der Waals surface area contributed by atoms with Gasteiger partial charge in [-0.1, -0.05) is 6.58 Å². The Morgan fingerprint density at radius 3 is 2.77 bits per heavy atom. The summed E-state index contributed by atoms with van der Waals surface area (Å²) in [6, 6.07) is 0. The number of hydrogen-bond acceptors (Lipinski definition) is 5. The summed E-state index contributed by atoms with van der Waals surface area (Å²) < 4.78 is 9.10. The normalized spacial score (nSPS) is 9.92. The molecule has 0 N–H and O–H groups in total. The molecule has 0 saturated carbocycles. The van der Waals surface area contributed by atoms with Crippen molar-refractivity contribution in [2.75, 3.05) is 20.3 Å². The molecule has 5 nitrogen and oxygen atoms in total. The molecule has 0 saturated heterocycles. The van der Waals surface area contributed by atoms with E-state index in [2.05, 4.69) is 25.8 Å². The lowest BCUT2D eigenvalue weighted by Gasteiger charge is -1.98. The molecule has 13 heavy (non-hydrogen) atoms. The molecule has 0 unspecified atom stereocenters. The highest BCUT2D eigenvalue weighted by molar-refractivity contribution is 5.81. The Morgan fingerprint density at radius 1 is 1.38 bits per heavy atom. The molecule has 0 aromatic heterocycles.